The zero-order valence-electron chi connectivity index (χ0n) is 20.9. The molecule has 1 aromatic rings. The van der Waals surface area contributed by atoms with Crippen molar-refractivity contribution in [2.75, 3.05) is 44.6 Å². The molecule has 0 aliphatic carbocycles. The summed E-state index contributed by atoms with van der Waals surface area (Å²) in [7, 11) is 0. The number of nitrogens with zero attached hydrogens (tertiary/aromatic N) is 3. The van der Waals surface area contributed by atoms with E-state index in [4.69, 9.17) is 0 Å². The highest BCUT2D eigenvalue weighted by Gasteiger charge is 2.40. The van der Waals surface area contributed by atoms with Crippen LogP contribution < -0.4 is 10.6 Å². The van der Waals surface area contributed by atoms with E-state index in [1.165, 1.54) is 49.7 Å². The molecule has 0 bridgehead atoms. The van der Waals surface area contributed by atoms with Crippen LogP contribution >= 0.6 is 11.8 Å². The van der Waals surface area contributed by atoms with Crippen LogP contribution in [0.3, 0.4) is 0 Å². The van der Waals surface area contributed by atoms with Gasteiger partial charge in [0.05, 0.1) is 23.2 Å². The Morgan fingerprint density at radius 3 is 2.75 bits per heavy atom. The second-order valence-electron chi connectivity index (χ2n) is 9.33. The van der Waals surface area contributed by atoms with E-state index in [9.17, 15) is 23.6 Å². The summed E-state index contributed by atoms with van der Waals surface area (Å²) in [6.45, 7) is 5.64. The lowest BCUT2D eigenvalue weighted by Crippen LogP contribution is -2.39. The number of benzene rings is 1. The molecule has 2 N–H and O–H groups in total. The van der Waals surface area contributed by atoms with Gasteiger partial charge in [0, 0.05) is 31.7 Å². The molecule has 0 saturated carbocycles. The van der Waals surface area contributed by atoms with E-state index in [1.807, 2.05) is 19.1 Å². The third-order valence-corrected chi connectivity index (χ3v) is 8.26. The van der Waals surface area contributed by atoms with Crippen LogP contribution in [-0.2, 0) is 16.0 Å². The molecule has 3 rings (SSSR count). The molecule has 0 spiro atoms. The number of alkyl halides is 2. The van der Waals surface area contributed by atoms with Gasteiger partial charge in [-0.1, -0.05) is 18.6 Å². The Labute approximate surface area is 217 Å². The van der Waals surface area contributed by atoms with Crippen LogP contribution in [0, 0.1) is 17.2 Å². The molecule has 2 aliphatic heterocycles. The average molecular weight is 522 g/mol. The minimum absolute atomic E-state index is 0.00531. The SMILES string of the molecule is CCN1C(=O)C(CCNc2cccc(CCN3CCCCC3)c2)SC1CC(C#N)C(=O)NCC(F)F. The van der Waals surface area contributed by atoms with E-state index >= 15 is 0 Å². The summed E-state index contributed by atoms with van der Waals surface area (Å²) in [5.74, 6) is -1.80. The van der Waals surface area contributed by atoms with Gasteiger partial charge in [-0.25, -0.2) is 8.78 Å². The van der Waals surface area contributed by atoms with E-state index in [0.717, 1.165) is 18.7 Å². The fourth-order valence-electron chi connectivity index (χ4n) is 4.76. The van der Waals surface area contributed by atoms with Crippen LogP contribution in [0.1, 0.15) is 44.6 Å². The third kappa shape index (κ3) is 8.34. The lowest BCUT2D eigenvalue weighted by molar-refractivity contribution is -0.131. The molecular formula is C26H37F2N5O2S. The van der Waals surface area contributed by atoms with Crippen molar-refractivity contribution in [1.82, 2.24) is 15.1 Å². The number of thioether (sulfide) groups is 1. The van der Waals surface area contributed by atoms with Crippen molar-refractivity contribution >= 4 is 29.3 Å². The first-order valence-electron chi connectivity index (χ1n) is 12.9. The maximum atomic E-state index is 12.9. The predicted molar refractivity (Wildman–Crippen MR) is 139 cm³/mol. The fraction of sp³-hybridized carbons (Fsp3) is 0.654. The molecule has 3 atom stereocenters. The van der Waals surface area contributed by atoms with Crippen molar-refractivity contribution in [3.05, 3.63) is 29.8 Å². The fourth-order valence-corrected chi connectivity index (χ4v) is 6.35. The number of hydrogen-bond acceptors (Lipinski definition) is 6. The second-order valence-corrected chi connectivity index (χ2v) is 10.7. The van der Waals surface area contributed by atoms with Gasteiger partial charge < -0.3 is 20.4 Å². The largest absolute Gasteiger partial charge is 0.385 e. The molecule has 7 nitrogen and oxygen atoms in total. The number of amides is 2. The monoisotopic (exact) mass is 521 g/mol. The molecule has 10 heteroatoms. The summed E-state index contributed by atoms with van der Waals surface area (Å²) in [5.41, 5.74) is 2.33. The van der Waals surface area contributed by atoms with E-state index in [1.54, 1.807) is 4.90 Å². The number of carbonyl (C=O) groups is 2. The lowest BCUT2D eigenvalue weighted by atomic mass is 10.1. The van der Waals surface area contributed by atoms with E-state index < -0.39 is 24.8 Å². The Balaban J connectivity index is 1.47. The van der Waals surface area contributed by atoms with Gasteiger partial charge in [0.1, 0.15) is 5.92 Å². The Morgan fingerprint density at radius 2 is 2.06 bits per heavy atom. The number of carbonyl (C=O) groups excluding carboxylic acids is 2. The number of likely N-dealkylation sites (tertiary alicyclic amines) is 1. The molecule has 2 amide bonds. The summed E-state index contributed by atoms with van der Waals surface area (Å²) < 4.78 is 24.8. The predicted octanol–water partition coefficient (Wildman–Crippen LogP) is 3.72. The molecule has 2 aliphatic rings. The number of halogens is 2. The Bertz CT molecular complexity index is 907. The van der Waals surface area contributed by atoms with Crippen molar-refractivity contribution < 1.29 is 18.4 Å². The Hall–Kier alpha value is -2.38. The summed E-state index contributed by atoms with van der Waals surface area (Å²) in [5, 5.41) is 14.3. The van der Waals surface area contributed by atoms with Gasteiger partial charge in [-0.3, -0.25) is 9.59 Å². The molecule has 36 heavy (non-hydrogen) atoms. The highest BCUT2D eigenvalue weighted by molar-refractivity contribution is 8.01. The molecular weight excluding hydrogens is 484 g/mol. The molecule has 0 aromatic heterocycles. The number of hydrogen-bond donors (Lipinski definition) is 2. The number of rotatable bonds is 13. The first-order chi connectivity index (χ1) is 17.4. The highest BCUT2D eigenvalue weighted by atomic mass is 32.2. The highest BCUT2D eigenvalue weighted by Crippen LogP contribution is 2.37. The van der Waals surface area contributed by atoms with E-state index in [-0.39, 0.29) is 23.0 Å². The molecule has 2 heterocycles. The van der Waals surface area contributed by atoms with Gasteiger partial charge in [-0.15, -0.1) is 11.8 Å². The maximum absolute atomic E-state index is 12.9. The molecule has 2 fully saturated rings. The summed E-state index contributed by atoms with van der Waals surface area (Å²) in [4.78, 5) is 29.3. The standard InChI is InChI=1S/C26H37F2N5O2S/c1-2-33-24(16-20(17-29)25(34)31-18-23(27)28)36-22(26(33)35)9-11-30-21-8-6-7-19(15-21)10-14-32-12-4-3-5-13-32/h6-8,15,20,22-24,30H,2-5,9-14,16,18H2,1H3,(H,31,34). The van der Waals surface area contributed by atoms with Gasteiger partial charge in [-0.05, 0) is 63.4 Å². The van der Waals surface area contributed by atoms with Crippen LogP contribution in [0.4, 0.5) is 14.5 Å². The quantitative estimate of drug-likeness (QED) is 0.411. The Kier molecular flexibility index (Phi) is 11.3. The minimum Gasteiger partial charge on any atom is -0.385 e. The number of nitriles is 1. The molecule has 2 saturated heterocycles. The van der Waals surface area contributed by atoms with E-state index in [2.05, 4.69) is 33.7 Å². The van der Waals surface area contributed by atoms with Crippen molar-refractivity contribution in [2.24, 2.45) is 5.92 Å². The zero-order chi connectivity index (χ0) is 25.9. The van der Waals surface area contributed by atoms with Gasteiger partial charge in [0.2, 0.25) is 11.8 Å². The van der Waals surface area contributed by atoms with Crippen molar-refractivity contribution in [2.45, 2.75) is 62.5 Å². The second kappa shape index (κ2) is 14.4. The third-order valence-electron chi connectivity index (χ3n) is 6.74. The van der Waals surface area contributed by atoms with Gasteiger partial charge >= 0.3 is 0 Å². The van der Waals surface area contributed by atoms with Crippen molar-refractivity contribution in [1.29, 1.82) is 5.26 Å². The van der Waals surface area contributed by atoms with E-state index in [0.29, 0.717) is 19.5 Å². The normalized spacial score (nSPS) is 21.4. The Morgan fingerprint density at radius 1 is 1.28 bits per heavy atom. The van der Waals surface area contributed by atoms with Crippen LogP contribution in [0.5, 0.6) is 0 Å². The molecule has 1 aromatic carbocycles. The van der Waals surface area contributed by atoms with Gasteiger partial charge in [-0.2, -0.15) is 5.26 Å². The van der Waals surface area contributed by atoms with Crippen LogP contribution in [0.15, 0.2) is 24.3 Å². The van der Waals surface area contributed by atoms with Gasteiger partial charge in [0.15, 0.2) is 0 Å². The van der Waals surface area contributed by atoms with Crippen molar-refractivity contribution in [3.63, 3.8) is 0 Å². The first kappa shape index (κ1) is 28.2. The van der Waals surface area contributed by atoms with Crippen molar-refractivity contribution in [3.8, 4) is 6.07 Å². The maximum Gasteiger partial charge on any atom is 0.255 e. The van der Waals surface area contributed by atoms with Crippen LogP contribution in [0.2, 0.25) is 0 Å². The molecule has 0 radical (unpaired) electrons. The van der Waals surface area contributed by atoms with Crippen LogP contribution in [0.25, 0.3) is 0 Å². The molecule has 198 valence electrons. The average Bonchev–Trinajstić information content (AvgIpc) is 3.19. The minimum atomic E-state index is -2.67. The van der Waals surface area contributed by atoms with Crippen LogP contribution in [-0.4, -0.2) is 77.9 Å². The topological polar surface area (TPSA) is 88.5 Å². The summed E-state index contributed by atoms with van der Waals surface area (Å²) >= 11 is 1.45. The summed E-state index contributed by atoms with van der Waals surface area (Å²) in [6.07, 6.45) is 3.00. The first-order valence-corrected chi connectivity index (χ1v) is 13.8. The zero-order valence-corrected chi connectivity index (χ0v) is 21.7. The smallest absolute Gasteiger partial charge is 0.255 e. The number of piperidine rings is 1. The van der Waals surface area contributed by atoms with Gasteiger partial charge in [0.25, 0.3) is 6.43 Å². The number of anilines is 1. The summed E-state index contributed by atoms with van der Waals surface area (Å²) in [6, 6.07) is 10.3. The lowest BCUT2D eigenvalue weighted by Gasteiger charge is -2.26. The number of nitrogens with one attached hydrogen (secondary N) is 2. The molecule has 3 unspecified atom stereocenters.